The van der Waals surface area contributed by atoms with Gasteiger partial charge in [-0.25, -0.2) is 4.79 Å². The second-order valence-corrected chi connectivity index (χ2v) is 7.10. The predicted molar refractivity (Wildman–Crippen MR) is 98.6 cm³/mol. The summed E-state index contributed by atoms with van der Waals surface area (Å²) >= 11 is 9.51. The normalized spacial score (nSPS) is 11.0. The number of ether oxygens (including phenoxy) is 1. The zero-order valence-corrected chi connectivity index (χ0v) is 15.9. The maximum atomic E-state index is 12.7. The number of esters is 1. The van der Waals surface area contributed by atoms with Crippen molar-refractivity contribution in [3.8, 4) is 0 Å². The molecule has 1 amide bonds. The Kier molecular flexibility index (Phi) is 5.67. The molecule has 1 N–H and O–H groups in total. The third-order valence-corrected chi connectivity index (χ3v) is 4.63. The summed E-state index contributed by atoms with van der Waals surface area (Å²) in [5.74, 6) is -0.719. The zero-order valence-electron chi connectivity index (χ0n) is 13.5. The van der Waals surface area contributed by atoms with Gasteiger partial charge in [0.1, 0.15) is 0 Å². The highest BCUT2D eigenvalue weighted by Gasteiger charge is 2.30. The molecule has 126 valence electrons. The van der Waals surface area contributed by atoms with Gasteiger partial charge in [-0.15, -0.1) is 0 Å². The molecule has 0 aliphatic rings. The molecule has 0 spiro atoms. The predicted octanol–water partition coefficient (Wildman–Crippen LogP) is 4.81. The van der Waals surface area contributed by atoms with Crippen molar-refractivity contribution in [2.24, 2.45) is 0 Å². The van der Waals surface area contributed by atoms with Crippen LogP contribution in [0.15, 0.2) is 46.9 Å². The Labute approximate surface area is 154 Å². The number of hydrogen-bond acceptors (Lipinski definition) is 3. The van der Waals surface area contributed by atoms with Crippen LogP contribution in [0, 0.1) is 0 Å². The number of hydrogen-bond donors (Lipinski definition) is 1. The van der Waals surface area contributed by atoms with Crippen molar-refractivity contribution < 1.29 is 14.3 Å². The standard InChI is InChI=1S/C18H17BrClNO3/c1-18(2,12-5-7-13(19)8-6-12)17(23)21-15-10-11(16(22)24-3)4-9-14(15)20/h4-10H,1-3H3,(H,21,23). The molecule has 0 fully saturated rings. The summed E-state index contributed by atoms with van der Waals surface area (Å²) in [6.07, 6.45) is 0. The van der Waals surface area contributed by atoms with Crippen molar-refractivity contribution in [2.75, 3.05) is 12.4 Å². The van der Waals surface area contributed by atoms with E-state index >= 15 is 0 Å². The van der Waals surface area contributed by atoms with Crippen LogP contribution in [0.2, 0.25) is 5.02 Å². The molecule has 2 aromatic rings. The van der Waals surface area contributed by atoms with Gasteiger partial charge in [0.05, 0.1) is 28.8 Å². The van der Waals surface area contributed by atoms with Crippen LogP contribution >= 0.6 is 27.5 Å². The summed E-state index contributed by atoms with van der Waals surface area (Å²) in [5, 5.41) is 3.14. The molecule has 0 aliphatic heterocycles. The quantitative estimate of drug-likeness (QED) is 0.736. The lowest BCUT2D eigenvalue weighted by Gasteiger charge is -2.24. The molecule has 2 rings (SSSR count). The third-order valence-electron chi connectivity index (χ3n) is 3.77. The molecule has 0 unspecified atom stereocenters. The molecule has 0 heterocycles. The van der Waals surface area contributed by atoms with E-state index < -0.39 is 11.4 Å². The van der Waals surface area contributed by atoms with Gasteiger partial charge in [-0.1, -0.05) is 39.7 Å². The summed E-state index contributed by atoms with van der Waals surface area (Å²) < 4.78 is 5.63. The monoisotopic (exact) mass is 409 g/mol. The summed E-state index contributed by atoms with van der Waals surface area (Å²) in [6, 6.07) is 12.1. The van der Waals surface area contributed by atoms with Gasteiger partial charge < -0.3 is 10.1 Å². The fourth-order valence-electron chi connectivity index (χ4n) is 2.14. The summed E-state index contributed by atoms with van der Waals surface area (Å²) in [5.41, 5.74) is 0.780. The molecular formula is C18H17BrClNO3. The Morgan fingerprint density at radius 1 is 1.12 bits per heavy atom. The van der Waals surface area contributed by atoms with Crippen LogP contribution in [-0.4, -0.2) is 19.0 Å². The third kappa shape index (κ3) is 3.97. The molecule has 0 saturated heterocycles. The lowest BCUT2D eigenvalue weighted by atomic mass is 9.83. The van der Waals surface area contributed by atoms with Gasteiger partial charge in [-0.05, 0) is 49.7 Å². The molecule has 24 heavy (non-hydrogen) atoms. The van der Waals surface area contributed by atoms with E-state index in [1.807, 2.05) is 38.1 Å². The van der Waals surface area contributed by atoms with E-state index in [2.05, 4.69) is 26.0 Å². The second kappa shape index (κ2) is 7.36. The van der Waals surface area contributed by atoms with Gasteiger partial charge in [0, 0.05) is 4.47 Å². The molecule has 0 aromatic heterocycles. The number of benzene rings is 2. The molecule has 0 radical (unpaired) electrons. The van der Waals surface area contributed by atoms with Crippen molar-refractivity contribution in [1.29, 1.82) is 0 Å². The molecule has 4 nitrogen and oxygen atoms in total. The van der Waals surface area contributed by atoms with Crippen LogP contribution in [-0.2, 0) is 14.9 Å². The van der Waals surface area contributed by atoms with Gasteiger partial charge in [-0.2, -0.15) is 0 Å². The lowest BCUT2D eigenvalue weighted by molar-refractivity contribution is -0.120. The van der Waals surface area contributed by atoms with E-state index in [1.54, 1.807) is 12.1 Å². The number of carbonyl (C=O) groups is 2. The molecule has 6 heteroatoms. The number of carbonyl (C=O) groups excluding carboxylic acids is 2. The average molecular weight is 411 g/mol. The molecule has 0 aliphatic carbocycles. The van der Waals surface area contributed by atoms with Gasteiger partial charge in [0.25, 0.3) is 0 Å². The maximum absolute atomic E-state index is 12.7. The van der Waals surface area contributed by atoms with Gasteiger partial charge in [0.2, 0.25) is 5.91 Å². The topological polar surface area (TPSA) is 55.4 Å². The number of rotatable bonds is 4. The molecule has 2 aromatic carbocycles. The van der Waals surface area contributed by atoms with E-state index in [9.17, 15) is 9.59 Å². The van der Waals surface area contributed by atoms with Crippen molar-refractivity contribution in [1.82, 2.24) is 0 Å². The van der Waals surface area contributed by atoms with Crippen molar-refractivity contribution in [2.45, 2.75) is 19.3 Å². The van der Waals surface area contributed by atoms with Crippen molar-refractivity contribution in [3.05, 3.63) is 63.1 Å². The van der Waals surface area contributed by atoms with E-state index in [1.165, 1.54) is 13.2 Å². The number of anilines is 1. The Morgan fingerprint density at radius 3 is 2.33 bits per heavy atom. The first-order valence-electron chi connectivity index (χ1n) is 7.21. The Morgan fingerprint density at radius 2 is 1.75 bits per heavy atom. The van der Waals surface area contributed by atoms with Crippen LogP contribution in [0.3, 0.4) is 0 Å². The van der Waals surface area contributed by atoms with Crippen LogP contribution in [0.4, 0.5) is 5.69 Å². The van der Waals surface area contributed by atoms with Crippen LogP contribution in [0.25, 0.3) is 0 Å². The highest BCUT2D eigenvalue weighted by Crippen LogP contribution is 2.29. The van der Waals surface area contributed by atoms with E-state index in [4.69, 9.17) is 11.6 Å². The van der Waals surface area contributed by atoms with Crippen LogP contribution in [0.5, 0.6) is 0 Å². The summed E-state index contributed by atoms with van der Waals surface area (Å²) in [6.45, 7) is 3.65. The van der Waals surface area contributed by atoms with Crippen LogP contribution in [0.1, 0.15) is 29.8 Å². The minimum Gasteiger partial charge on any atom is -0.465 e. The largest absolute Gasteiger partial charge is 0.465 e. The first kappa shape index (κ1) is 18.5. The van der Waals surface area contributed by atoms with Gasteiger partial charge in [0.15, 0.2) is 0 Å². The summed E-state index contributed by atoms with van der Waals surface area (Å²) in [7, 11) is 1.30. The number of methoxy groups -OCH3 is 1. The number of halogens is 2. The zero-order chi connectivity index (χ0) is 17.9. The van der Waals surface area contributed by atoms with Crippen molar-refractivity contribution in [3.63, 3.8) is 0 Å². The highest BCUT2D eigenvalue weighted by molar-refractivity contribution is 9.10. The van der Waals surface area contributed by atoms with Gasteiger partial charge in [-0.3, -0.25) is 4.79 Å². The van der Waals surface area contributed by atoms with Gasteiger partial charge >= 0.3 is 5.97 Å². The smallest absolute Gasteiger partial charge is 0.337 e. The summed E-state index contributed by atoms with van der Waals surface area (Å²) in [4.78, 5) is 24.4. The minimum atomic E-state index is -0.773. The Hall–Kier alpha value is -1.85. The SMILES string of the molecule is COC(=O)c1ccc(Cl)c(NC(=O)C(C)(C)c2ccc(Br)cc2)c1. The first-order chi connectivity index (χ1) is 11.3. The van der Waals surface area contributed by atoms with Crippen LogP contribution < -0.4 is 5.32 Å². The molecule has 0 saturated carbocycles. The fourth-order valence-corrected chi connectivity index (χ4v) is 2.57. The number of amides is 1. The van der Waals surface area contributed by atoms with E-state index in [0.29, 0.717) is 16.3 Å². The highest BCUT2D eigenvalue weighted by atomic mass is 79.9. The lowest BCUT2D eigenvalue weighted by Crippen LogP contribution is -2.34. The maximum Gasteiger partial charge on any atom is 0.337 e. The Balaban J connectivity index is 2.28. The molecule has 0 atom stereocenters. The average Bonchev–Trinajstić information content (AvgIpc) is 2.56. The Bertz CT molecular complexity index is 772. The number of nitrogens with one attached hydrogen (secondary N) is 1. The molecule has 0 bridgehead atoms. The van der Waals surface area contributed by atoms with E-state index in [-0.39, 0.29) is 5.91 Å². The molecular weight excluding hydrogens is 394 g/mol. The van der Waals surface area contributed by atoms with Crippen molar-refractivity contribution >= 4 is 45.1 Å². The first-order valence-corrected chi connectivity index (χ1v) is 8.38. The second-order valence-electron chi connectivity index (χ2n) is 5.77. The minimum absolute atomic E-state index is 0.228. The van der Waals surface area contributed by atoms with E-state index in [0.717, 1.165) is 10.0 Å². The fraction of sp³-hybridized carbons (Fsp3) is 0.222.